The van der Waals surface area contributed by atoms with Crippen molar-refractivity contribution in [2.24, 2.45) is 0 Å². The summed E-state index contributed by atoms with van der Waals surface area (Å²) in [6.07, 6.45) is 0.726. The van der Waals surface area contributed by atoms with E-state index in [9.17, 15) is 9.59 Å². The van der Waals surface area contributed by atoms with E-state index in [-0.39, 0.29) is 17.9 Å². The van der Waals surface area contributed by atoms with Crippen LogP contribution in [0.5, 0.6) is 0 Å². The van der Waals surface area contributed by atoms with E-state index >= 15 is 0 Å². The second kappa shape index (κ2) is 8.70. The molecule has 2 N–H and O–H groups in total. The molecule has 0 aliphatic rings. The van der Waals surface area contributed by atoms with Gasteiger partial charge in [-0.2, -0.15) is 0 Å². The van der Waals surface area contributed by atoms with Crippen LogP contribution in [-0.4, -0.2) is 29.5 Å². The van der Waals surface area contributed by atoms with Crippen LogP contribution in [0.2, 0.25) is 0 Å². The largest absolute Gasteiger partial charge is 0.459 e. The number of ether oxygens (including phenoxy) is 1. The molecule has 0 bridgehead atoms. The Bertz CT molecular complexity index is 763. The van der Waals surface area contributed by atoms with Crippen molar-refractivity contribution < 1.29 is 14.3 Å². The number of amides is 1. The van der Waals surface area contributed by atoms with Crippen LogP contribution >= 0.6 is 0 Å². The second-order valence-electron chi connectivity index (χ2n) is 6.80. The molecule has 140 valence electrons. The van der Waals surface area contributed by atoms with Crippen LogP contribution in [0.3, 0.4) is 0 Å². The summed E-state index contributed by atoms with van der Waals surface area (Å²) >= 11 is 0. The van der Waals surface area contributed by atoms with E-state index in [0.29, 0.717) is 29.1 Å². The third kappa shape index (κ3) is 4.54. The fraction of sp³-hybridized carbons (Fsp3) is 0.429. The number of H-pyrrole nitrogens is 1. The molecule has 0 spiro atoms. The molecule has 5 heteroatoms. The highest BCUT2D eigenvalue weighted by atomic mass is 16.5. The van der Waals surface area contributed by atoms with Crippen molar-refractivity contribution in [2.75, 3.05) is 6.54 Å². The Morgan fingerprint density at radius 3 is 2.38 bits per heavy atom. The van der Waals surface area contributed by atoms with Gasteiger partial charge in [0.15, 0.2) is 0 Å². The van der Waals surface area contributed by atoms with Crippen molar-refractivity contribution in [3.05, 3.63) is 58.4 Å². The molecule has 0 saturated heterocycles. The number of rotatable bonds is 7. The fourth-order valence-corrected chi connectivity index (χ4v) is 3.08. The lowest BCUT2D eigenvalue weighted by molar-refractivity contribution is 0.0376. The average Bonchev–Trinajstić information content (AvgIpc) is 2.90. The Kier molecular flexibility index (Phi) is 6.61. The molecule has 5 nitrogen and oxygen atoms in total. The lowest BCUT2D eigenvalue weighted by Gasteiger charge is -2.16. The minimum Gasteiger partial charge on any atom is -0.459 e. The monoisotopic (exact) mass is 356 g/mol. The summed E-state index contributed by atoms with van der Waals surface area (Å²) in [6, 6.07) is 10.1. The first-order valence-corrected chi connectivity index (χ1v) is 9.08. The first-order chi connectivity index (χ1) is 12.3. The zero-order valence-corrected chi connectivity index (χ0v) is 16.2. The number of nitrogens with one attached hydrogen (secondary N) is 2. The Hall–Kier alpha value is -2.56. The molecule has 1 aromatic heterocycles. The Balaban J connectivity index is 2.11. The van der Waals surface area contributed by atoms with E-state index < -0.39 is 5.97 Å². The van der Waals surface area contributed by atoms with Crippen LogP contribution in [0.1, 0.15) is 70.8 Å². The molecule has 1 amide bonds. The average molecular weight is 356 g/mol. The summed E-state index contributed by atoms with van der Waals surface area (Å²) in [5.74, 6) is -0.355. The number of hydrogen-bond donors (Lipinski definition) is 2. The normalized spacial score (nSPS) is 12.1. The number of hydrogen-bond acceptors (Lipinski definition) is 3. The number of aryl methyl sites for hydroxylation is 1. The predicted octanol–water partition coefficient (Wildman–Crippen LogP) is 4.12. The molecule has 0 aliphatic carbocycles. The number of benzene rings is 1. The summed E-state index contributed by atoms with van der Waals surface area (Å²) in [5.41, 5.74) is 3.34. The summed E-state index contributed by atoms with van der Waals surface area (Å²) in [6.45, 7) is 9.80. The first kappa shape index (κ1) is 19.8. The molecule has 2 rings (SSSR count). The van der Waals surface area contributed by atoms with Crippen molar-refractivity contribution in [2.45, 2.75) is 53.1 Å². The van der Waals surface area contributed by atoms with E-state index in [1.54, 1.807) is 27.7 Å². The van der Waals surface area contributed by atoms with Crippen molar-refractivity contribution in [1.82, 2.24) is 10.3 Å². The second-order valence-corrected chi connectivity index (χ2v) is 6.80. The lowest BCUT2D eigenvalue weighted by atomic mass is 9.96. The molecule has 1 heterocycles. The van der Waals surface area contributed by atoms with Crippen molar-refractivity contribution in [1.29, 1.82) is 0 Å². The van der Waals surface area contributed by atoms with Gasteiger partial charge in [0, 0.05) is 18.2 Å². The molecule has 0 unspecified atom stereocenters. The van der Waals surface area contributed by atoms with Gasteiger partial charge in [-0.3, -0.25) is 4.79 Å². The molecule has 0 aliphatic heterocycles. The van der Waals surface area contributed by atoms with Gasteiger partial charge < -0.3 is 15.0 Å². The maximum absolute atomic E-state index is 12.6. The van der Waals surface area contributed by atoms with Crippen LogP contribution in [0.4, 0.5) is 0 Å². The highest BCUT2D eigenvalue weighted by molar-refractivity contribution is 6.00. The maximum Gasteiger partial charge on any atom is 0.340 e. The summed E-state index contributed by atoms with van der Waals surface area (Å²) in [5, 5.41) is 2.99. The third-order valence-corrected chi connectivity index (χ3v) is 4.48. The number of carbonyl (C=O) groups excluding carboxylic acids is 2. The highest BCUT2D eigenvalue weighted by Gasteiger charge is 2.24. The summed E-state index contributed by atoms with van der Waals surface area (Å²) in [7, 11) is 0. The van der Waals surface area contributed by atoms with Gasteiger partial charge in [0.1, 0.15) is 5.69 Å². The number of aromatic nitrogens is 1. The van der Waals surface area contributed by atoms with Crippen LogP contribution in [0, 0.1) is 13.8 Å². The maximum atomic E-state index is 12.6. The van der Waals surface area contributed by atoms with Crippen molar-refractivity contribution >= 4 is 11.9 Å². The fourth-order valence-electron chi connectivity index (χ4n) is 3.08. The van der Waals surface area contributed by atoms with Gasteiger partial charge in [0.25, 0.3) is 5.91 Å². The minimum atomic E-state index is -0.402. The topological polar surface area (TPSA) is 71.2 Å². The van der Waals surface area contributed by atoms with Gasteiger partial charge in [0.05, 0.1) is 11.7 Å². The summed E-state index contributed by atoms with van der Waals surface area (Å²) in [4.78, 5) is 27.9. The molecule has 0 saturated carbocycles. The van der Waals surface area contributed by atoms with E-state index in [2.05, 4.69) is 29.4 Å². The quantitative estimate of drug-likeness (QED) is 0.733. The zero-order chi connectivity index (χ0) is 19.3. The van der Waals surface area contributed by atoms with E-state index in [0.717, 1.165) is 6.42 Å². The van der Waals surface area contributed by atoms with Gasteiger partial charge >= 0.3 is 5.97 Å². The van der Waals surface area contributed by atoms with Crippen molar-refractivity contribution in [3.63, 3.8) is 0 Å². The van der Waals surface area contributed by atoms with Gasteiger partial charge in [-0.25, -0.2) is 4.79 Å². The first-order valence-electron chi connectivity index (χ1n) is 9.08. The number of aromatic amines is 1. The lowest BCUT2D eigenvalue weighted by Crippen LogP contribution is -2.29. The smallest absolute Gasteiger partial charge is 0.340 e. The van der Waals surface area contributed by atoms with Gasteiger partial charge in [-0.05, 0) is 45.2 Å². The Labute approximate surface area is 155 Å². The highest BCUT2D eigenvalue weighted by Crippen LogP contribution is 2.21. The SMILES string of the molecule is CC[C@@H](CNC(=O)c1[nH]c(C)c(C(=O)OC(C)C)c1C)c1ccccc1. The van der Waals surface area contributed by atoms with Gasteiger partial charge in [-0.15, -0.1) is 0 Å². The van der Waals surface area contributed by atoms with E-state index in [1.807, 2.05) is 18.2 Å². The number of carbonyl (C=O) groups is 2. The summed E-state index contributed by atoms with van der Waals surface area (Å²) < 4.78 is 5.27. The predicted molar refractivity (Wildman–Crippen MR) is 103 cm³/mol. The molecular weight excluding hydrogens is 328 g/mol. The molecule has 1 atom stereocenters. The minimum absolute atomic E-state index is 0.204. The van der Waals surface area contributed by atoms with E-state index in [1.165, 1.54) is 5.56 Å². The van der Waals surface area contributed by atoms with Gasteiger partial charge in [0.2, 0.25) is 0 Å². The van der Waals surface area contributed by atoms with E-state index in [4.69, 9.17) is 4.74 Å². The Morgan fingerprint density at radius 2 is 1.81 bits per heavy atom. The van der Waals surface area contributed by atoms with Crippen LogP contribution in [-0.2, 0) is 4.74 Å². The van der Waals surface area contributed by atoms with Crippen LogP contribution in [0.15, 0.2) is 30.3 Å². The van der Waals surface area contributed by atoms with Crippen molar-refractivity contribution in [3.8, 4) is 0 Å². The third-order valence-electron chi connectivity index (χ3n) is 4.48. The van der Waals surface area contributed by atoms with Crippen LogP contribution in [0.25, 0.3) is 0 Å². The zero-order valence-electron chi connectivity index (χ0n) is 16.2. The number of esters is 1. The van der Waals surface area contributed by atoms with Gasteiger partial charge in [-0.1, -0.05) is 37.3 Å². The molecule has 1 aromatic carbocycles. The molecular formula is C21H28N2O3. The standard InChI is InChI=1S/C21H28N2O3/c1-6-16(17-10-8-7-9-11-17)12-22-20(24)19-14(4)18(15(5)23-19)21(25)26-13(2)3/h7-11,13,16,23H,6,12H2,1-5H3,(H,22,24)/t16-/m0/s1. The molecule has 2 aromatic rings. The molecule has 26 heavy (non-hydrogen) atoms. The molecule has 0 fully saturated rings. The Morgan fingerprint density at radius 1 is 1.15 bits per heavy atom. The molecule has 0 radical (unpaired) electrons. The van der Waals surface area contributed by atoms with Crippen LogP contribution < -0.4 is 5.32 Å².